The summed E-state index contributed by atoms with van der Waals surface area (Å²) in [5.41, 5.74) is 0. The van der Waals surface area contributed by atoms with Crippen LogP contribution in [-0.4, -0.2) is 37.6 Å². The van der Waals surface area contributed by atoms with Crippen molar-refractivity contribution in [2.24, 2.45) is 5.92 Å². The second-order valence-corrected chi connectivity index (χ2v) is 3.92. The van der Waals surface area contributed by atoms with Crippen molar-refractivity contribution in [3.05, 3.63) is 0 Å². The summed E-state index contributed by atoms with van der Waals surface area (Å²) in [6.45, 7) is 5.17. The van der Waals surface area contributed by atoms with Gasteiger partial charge < -0.3 is 10.2 Å². The van der Waals surface area contributed by atoms with E-state index in [4.69, 9.17) is 5.26 Å². The summed E-state index contributed by atoms with van der Waals surface area (Å²) >= 11 is 0. The molecule has 0 aliphatic carbocycles. The number of nitrogens with one attached hydrogen (secondary N) is 1. The van der Waals surface area contributed by atoms with Crippen LogP contribution in [0.2, 0.25) is 0 Å². The minimum Gasteiger partial charge on any atom is -0.316 e. The molecule has 0 amide bonds. The Labute approximate surface area is 80.7 Å². The molecule has 0 saturated carbocycles. The normalized spacial score (nSPS) is 26.7. The average molecular weight is 181 g/mol. The predicted octanol–water partition coefficient (Wildman–Crippen LogP) is 0.830. The fourth-order valence-corrected chi connectivity index (χ4v) is 1.89. The van der Waals surface area contributed by atoms with Crippen LogP contribution in [0, 0.1) is 17.2 Å². The zero-order valence-corrected chi connectivity index (χ0v) is 8.58. The zero-order chi connectivity index (χ0) is 9.68. The molecule has 0 aromatic carbocycles. The third-order valence-electron chi connectivity index (χ3n) is 2.67. The molecule has 1 rings (SSSR count). The SMILES string of the molecule is CNC1CCCN(CC(C)C#N)C1. The van der Waals surface area contributed by atoms with Crippen molar-refractivity contribution < 1.29 is 0 Å². The van der Waals surface area contributed by atoms with E-state index < -0.39 is 0 Å². The maximum Gasteiger partial charge on any atom is 0.0666 e. The van der Waals surface area contributed by atoms with E-state index in [2.05, 4.69) is 16.3 Å². The second kappa shape index (κ2) is 5.21. The Morgan fingerprint density at radius 3 is 3.08 bits per heavy atom. The number of nitrogens with zero attached hydrogens (tertiary/aromatic N) is 2. The van der Waals surface area contributed by atoms with Gasteiger partial charge in [0.25, 0.3) is 0 Å². The van der Waals surface area contributed by atoms with Crippen molar-refractivity contribution in [2.75, 3.05) is 26.7 Å². The Morgan fingerprint density at radius 2 is 2.46 bits per heavy atom. The maximum atomic E-state index is 8.70. The molecule has 1 aliphatic heterocycles. The van der Waals surface area contributed by atoms with E-state index in [0.29, 0.717) is 6.04 Å². The van der Waals surface area contributed by atoms with Gasteiger partial charge in [-0.3, -0.25) is 0 Å². The van der Waals surface area contributed by atoms with Crippen LogP contribution in [0.25, 0.3) is 0 Å². The first-order chi connectivity index (χ1) is 6.26. The summed E-state index contributed by atoms with van der Waals surface area (Å²) in [4.78, 5) is 2.39. The molecule has 3 nitrogen and oxygen atoms in total. The van der Waals surface area contributed by atoms with Crippen LogP contribution in [-0.2, 0) is 0 Å². The quantitative estimate of drug-likeness (QED) is 0.701. The summed E-state index contributed by atoms with van der Waals surface area (Å²) in [6.07, 6.45) is 2.53. The number of likely N-dealkylation sites (N-methyl/N-ethyl adjacent to an activating group) is 1. The van der Waals surface area contributed by atoms with Crippen LogP contribution in [0.3, 0.4) is 0 Å². The van der Waals surface area contributed by atoms with Gasteiger partial charge >= 0.3 is 0 Å². The average Bonchev–Trinajstić information content (AvgIpc) is 2.18. The van der Waals surface area contributed by atoms with Crippen LogP contribution in [0.15, 0.2) is 0 Å². The molecule has 1 N–H and O–H groups in total. The van der Waals surface area contributed by atoms with Gasteiger partial charge in [-0.15, -0.1) is 0 Å². The van der Waals surface area contributed by atoms with Crippen molar-refractivity contribution in [3.63, 3.8) is 0 Å². The van der Waals surface area contributed by atoms with Crippen LogP contribution in [0.5, 0.6) is 0 Å². The van der Waals surface area contributed by atoms with E-state index in [1.807, 2.05) is 14.0 Å². The number of hydrogen-bond donors (Lipinski definition) is 1. The minimum absolute atomic E-state index is 0.163. The minimum atomic E-state index is 0.163. The van der Waals surface area contributed by atoms with Gasteiger partial charge in [-0.05, 0) is 33.4 Å². The summed E-state index contributed by atoms with van der Waals surface area (Å²) in [5.74, 6) is 0.163. The molecule has 1 aliphatic rings. The summed E-state index contributed by atoms with van der Waals surface area (Å²) in [6, 6.07) is 2.91. The predicted molar refractivity (Wildman–Crippen MR) is 53.3 cm³/mol. The van der Waals surface area contributed by atoms with E-state index >= 15 is 0 Å². The second-order valence-electron chi connectivity index (χ2n) is 3.92. The van der Waals surface area contributed by atoms with Gasteiger partial charge in [-0.25, -0.2) is 0 Å². The van der Waals surface area contributed by atoms with Gasteiger partial charge in [0.05, 0.1) is 12.0 Å². The monoisotopic (exact) mass is 181 g/mol. The molecule has 13 heavy (non-hydrogen) atoms. The van der Waals surface area contributed by atoms with Gasteiger partial charge in [-0.1, -0.05) is 0 Å². The number of hydrogen-bond acceptors (Lipinski definition) is 3. The third kappa shape index (κ3) is 3.33. The topological polar surface area (TPSA) is 39.1 Å². The van der Waals surface area contributed by atoms with Crippen molar-refractivity contribution in [1.82, 2.24) is 10.2 Å². The Morgan fingerprint density at radius 1 is 1.69 bits per heavy atom. The van der Waals surface area contributed by atoms with Gasteiger partial charge in [-0.2, -0.15) is 5.26 Å². The molecule has 3 heteroatoms. The first-order valence-corrected chi connectivity index (χ1v) is 5.05. The highest BCUT2D eigenvalue weighted by Crippen LogP contribution is 2.11. The van der Waals surface area contributed by atoms with Crippen molar-refractivity contribution in [3.8, 4) is 6.07 Å². The molecular formula is C10H19N3. The lowest BCUT2D eigenvalue weighted by molar-refractivity contribution is 0.184. The van der Waals surface area contributed by atoms with Crippen molar-refractivity contribution in [2.45, 2.75) is 25.8 Å². The molecule has 74 valence electrons. The molecule has 0 aromatic rings. The fourth-order valence-electron chi connectivity index (χ4n) is 1.89. The molecular weight excluding hydrogens is 162 g/mol. The van der Waals surface area contributed by atoms with Crippen LogP contribution in [0.4, 0.5) is 0 Å². The Kier molecular flexibility index (Phi) is 4.20. The summed E-state index contributed by atoms with van der Waals surface area (Å²) in [5, 5.41) is 12.0. The van der Waals surface area contributed by atoms with E-state index in [9.17, 15) is 0 Å². The highest BCUT2D eigenvalue weighted by molar-refractivity contribution is 4.84. The fraction of sp³-hybridized carbons (Fsp3) is 0.900. The van der Waals surface area contributed by atoms with Gasteiger partial charge in [0.2, 0.25) is 0 Å². The summed E-state index contributed by atoms with van der Waals surface area (Å²) < 4.78 is 0. The maximum absolute atomic E-state index is 8.70. The number of piperidine rings is 1. The molecule has 1 fully saturated rings. The molecule has 0 radical (unpaired) electrons. The third-order valence-corrected chi connectivity index (χ3v) is 2.67. The number of likely N-dealkylation sites (tertiary alicyclic amines) is 1. The van der Waals surface area contributed by atoms with Crippen molar-refractivity contribution >= 4 is 0 Å². The van der Waals surface area contributed by atoms with E-state index in [1.54, 1.807) is 0 Å². The Bertz CT molecular complexity index is 185. The largest absolute Gasteiger partial charge is 0.316 e. The molecule has 2 unspecified atom stereocenters. The van der Waals surface area contributed by atoms with E-state index in [-0.39, 0.29) is 5.92 Å². The Hall–Kier alpha value is -0.590. The smallest absolute Gasteiger partial charge is 0.0666 e. The lowest BCUT2D eigenvalue weighted by Crippen LogP contribution is -2.45. The molecule has 1 saturated heterocycles. The molecule has 0 spiro atoms. The molecule has 1 heterocycles. The Balaban J connectivity index is 2.30. The number of rotatable bonds is 3. The van der Waals surface area contributed by atoms with Crippen LogP contribution < -0.4 is 5.32 Å². The standard InChI is InChI=1S/C10H19N3/c1-9(6-11)7-13-5-3-4-10(8-13)12-2/h9-10,12H,3-5,7-8H2,1-2H3. The molecule has 0 bridgehead atoms. The van der Waals surface area contributed by atoms with Crippen molar-refractivity contribution in [1.29, 1.82) is 5.26 Å². The highest BCUT2D eigenvalue weighted by Gasteiger charge is 2.19. The van der Waals surface area contributed by atoms with E-state index in [0.717, 1.165) is 19.6 Å². The molecule has 0 aromatic heterocycles. The summed E-state index contributed by atoms with van der Waals surface area (Å²) in [7, 11) is 2.02. The van der Waals surface area contributed by atoms with Crippen LogP contribution >= 0.6 is 0 Å². The number of nitriles is 1. The first kappa shape index (κ1) is 10.5. The highest BCUT2D eigenvalue weighted by atomic mass is 15.2. The van der Waals surface area contributed by atoms with Gasteiger partial charge in [0.1, 0.15) is 0 Å². The lowest BCUT2D eigenvalue weighted by Gasteiger charge is -2.32. The van der Waals surface area contributed by atoms with Crippen LogP contribution in [0.1, 0.15) is 19.8 Å². The van der Waals surface area contributed by atoms with Gasteiger partial charge in [0.15, 0.2) is 0 Å². The molecule has 2 atom stereocenters. The van der Waals surface area contributed by atoms with Gasteiger partial charge in [0, 0.05) is 19.1 Å². The van der Waals surface area contributed by atoms with E-state index in [1.165, 1.54) is 12.8 Å². The lowest BCUT2D eigenvalue weighted by atomic mass is 10.0. The zero-order valence-electron chi connectivity index (χ0n) is 8.58. The first-order valence-electron chi connectivity index (χ1n) is 5.05.